The summed E-state index contributed by atoms with van der Waals surface area (Å²) >= 11 is 13.5. The minimum absolute atomic E-state index is 0.241. The van der Waals surface area contributed by atoms with Gasteiger partial charge in [0, 0.05) is 24.0 Å². The average molecular weight is 412 g/mol. The molecule has 0 bridgehead atoms. The highest BCUT2D eigenvalue weighted by Gasteiger charge is 2.22. The van der Waals surface area contributed by atoms with Crippen molar-refractivity contribution in [1.29, 1.82) is 0 Å². The number of carbonyl (C=O) groups is 2. The second-order valence-electron chi connectivity index (χ2n) is 5.50. The van der Waals surface area contributed by atoms with Gasteiger partial charge in [-0.05, 0) is 54.3 Å². The van der Waals surface area contributed by atoms with Crippen LogP contribution in [0.4, 0.5) is 0 Å². The number of aromatic nitrogens is 1. The number of thioether (sulfide) groups is 1. The molecule has 2 aromatic rings. The summed E-state index contributed by atoms with van der Waals surface area (Å²) in [4.78, 5) is 29.0. The predicted octanol–water partition coefficient (Wildman–Crippen LogP) is 3.56. The zero-order valence-electron chi connectivity index (χ0n) is 14.2. The second kappa shape index (κ2) is 10.4. The number of pyridine rings is 1. The van der Waals surface area contributed by atoms with E-state index in [4.69, 9.17) is 23.2 Å². The lowest BCUT2D eigenvalue weighted by atomic mass is 10.1. The number of amides is 2. The van der Waals surface area contributed by atoms with E-state index < -0.39 is 11.9 Å². The van der Waals surface area contributed by atoms with Crippen LogP contribution in [-0.4, -0.2) is 34.8 Å². The van der Waals surface area contributed by atoms with E-state index in [1.165, 1.54) is 6.07 Å². The van der Waals surface area contributed by atoms with E-state index >= 15 is 0 Å². The van der Waals surface area contributed by atoms with E-state index in [0.717, 1.165) is 11.3 Å². The predicted molar refractivity (Wildman–Crippen MR) is 107 cm³/mol. The number of rotatable bonds is 8. The molecule has 0 saturated carbocycles. The smallest absolute Gasteiger partial charge is 0.253 e. The summed E-state index contributed by atoms with van der Waals surface area (Å²) in [6, 6.07) is 7.62. The molecule has 0 fully saturated rings. The molecule has 8 heteroatoms. The van der Waals surface area contributed by atoms with E-state index in [0.29, 0.717) is 18.0 Å². The average Bonchev–Trinajstić information content (AvgIpc) is 2.63. The highest BCUT2D eigenvalue weighted by molar-refractivity contribution is 7.98. The Morgan fingerprint density at radius 3 is 2.58 bits per heavy atom. The van der Waals surface area contributed by atoms with Gasteiger partial charge >= 0.3 is 0 Å². The Labute approximate surface area is 166 Å². The first-order valence-corrected chi connectivity index (χ1v) is 10.1. The van der Waals surface area contributed by atoms with Gasteiger partial charge in [0.1, 0.15) is 6.04 Å². The Morgan fingerprint density at radius 2 is 1.92 bits per heavy atom. The molecule has 5 nitrogen and oxygen atoms in total. The van der Waals surface area contributed by atoms with Gasteiger partial charge in [-0.3, -0.25) is 14.6 Å². The van der Waals surface area contributed by atoms with Crippen LogP contribution in [-0.2, 0) is 11.3 Å². The molecule has 0 aliphatic rings. The molecule has 26 heavy (non-hydrogen) atoms. The summed E-state index contributed by atoms with van der Waals surface area (Å²) in [7, 11) is 0. The lowest BCUT2D eigenvalue weighted by Crippen LogP contribution is -2.47. The normalized spacial score (nSPS) is 11.7. The van der Waals surface area contributed by atoms with Crippen molar-refractivity contribution >= 4 is 46.8 Å². The maximum atomic E-state index is 12.5. The van der Waals surface area contributed by atoms with Crippen molar-refractivity contribution < 1.29 is 9.59 Å². The molecule has 0 saturated heterocycles. The van der Waals surface area contributed by atoms with Gasteiger partial charge in [0.15, 0.2) is 0 Å². The van der Waals surface area contributed by atoms with Crippen LogP contribution < -0.4 is 10.6 Å². The van der Waals surface area contributed by atoms with Crippen molar-refractivity contribution in [3.63, 3.8) is 0 Å². The molecular formula is C18H19Cl2N3O2S. The van der Waals surface area contributed by atoms with Gasteiger partial charge in [0.2, 0.25) is 5.91 Å². The van der Waals surface area contributed by atoms with E-state index in [2.05, 4.69) is 15.6 Å². The van der Waals surface area contributed by atoms with Crippen molar-refractivity contribution in [3.8, 4) is 0 Å². The maximum Gasteiger partial charge on any atom is 0.253 e. The van der Waals surface area contributed by atoms with Gasteiger partial charge in [-0.2, -0.15) is 11.8 Å². The van der Waals surface area contributed by atoms with Gasteiger partial charge in [-0.15, -0.1) is 0 Å². The number of nitrogens with one attached hydrogen (secondary N) is 2. The first kappa shape index (κ1) is 20.6. The van der Waals surface area contributed by atoms with E-state index in [1.54, 1.807) is 36.3 Å². The summed E-state index contributed by atoms with van der Waals surface area (Å²) in [5, 5.41) is 6.30. The van der Waals surface area contributed by atoms with Crippen molar-refractivity contribution in [2.75, 3.05) is 12.0 Å². The lowest BCUT2D eigenvalue weighted by Gasteiger charge is -2.18. The Bertz CT molecular complexity index is 759. The Morgan fingerprint density at radius 1 is 1.19 bits per heavy atom. The zero-order chi connectivity index (χ0) is 18.9. The number of carbonyl (C=O) groups excluding carboxylic acids is 2. The van der Waals surface area contributed by atoms with Gasteiger partial charge in [-0.25, -0.2) is 0 Å². The van der Waals surface area contributed by atoms with Crippen molar-refractivity contribution in [1.82, 2.24) is 15.6 Å². The number of nitrogens with zero attached hydrogens (tertiary/aromatic N) is 1. The monoisotopic (exact) mass is 411 g/mol. The van der Waals surface area contributed by atoms with Crippen LogP contribution in [0.25, 0.3) is 0 Å². The van der Waals surface area contributed by atoms with Crippen molar-refractivity contribution in [2.45, 2.75) is 19.0 Å². The largest absolute Gasteiger partial charge is 0.350 e. The van der Waals surface area contributed by atoms with E-state index in [-0.39, 0.29) is 16.5 Å². The molecule has 1 atom stereocenters. The molecular weight excluding hydrogens is 393 g/mol. The van der Waals surface area contributed by atoms with Crippen LogP contribution in [0, 0.1) is 0 Å². The fourth-order valence-electron chi connectivity index (χ4n) is 2.23. The molecule has 0 spiro atoms. The quantitative estimate of drug-likeness (QED) is 0.696. The zero-order valence-corrected chi connectivity index (χ0v) is 16.5. The van der Waals surface area contributed by atoms with Crippen LogP contribution in [0.15, 0.2) is 42.7 Å². The van der Waals surface area contributed by atoms with Crippen LogP contribution >= 0.6 is 35.0 Å². The Kier molecular flexibility index (Phi) is 8.22. The summed E-state index contributed by atoms with van der Waals surface area (Å²) in [5.41, 5.74) is 1.22. The fraction of sp³-hybridized carbons (Fsp3) is 0.278. The maximum absolute atomic E-state index is 12.5. The Balaban J connectivity index is 2.03. The van der Waals surface area contributed by atoms with Gasteiger partial charge in [0.25, 0.3) is 5.91 Å². The third-order valence-corrected chi connectivity index (χ3v) is 4.82. The molecule has 1 aromatic carbocycles. The van der Waals surface area contributed by atoms with Gasteiger partial charge < -0.3 is 10.6 Å². The highest BCUT2D eigenvalue weighted by Crippen LogP contribution is 2.21. The van der Waals surface area contributed by atoms with Gasteiger partial charge in [0.05, 0.1) is 10.6 Å². The first-order chi connectivity index (χ1) is 12.5. The number of hydrogen-bond acceptors (Lipinski definition) is 4. The number of benzene rings is 1. The molecule has 1 heterocycles. The van der Waals surface area contributed by atoms with Crippen LogP contribution in [0.5, 0.6) is 0 Å². The highest BCUT2D eigenvalue weighted by atomic mass is 35.5. The van der Waals surface area contributed by atoms with Crippen LogP contribution in [0.2, 0.25) is 10.0 Å². The third-order valence-electron chi connectivity index (χ3n) is 3.62. The summed E-state index contributed by atoms with van der Waals surface area (Å²) in [5.74, 6) is 0.0910. The van der Waals surface area contributed by atoms with Crippen molar-refractivity contribution in [2.24, 2.45) is 0 Å². The number of halogens is 2. The van der Waals surface area contributed by atoms with E-state index in [1.807, 2.05) is 18.4 Å². The standard InChI is InChI=1S/C18H19Cl2N3O2S/c1-26-9-6-16(18(25)22-11-12-4-7-21-8-5-12)23-17(24)14-3-2-13(19)10-15(14)20/h2-5,7-8,10,16H,6,9,11H2,1H3,(H,22,25)(H,23,24)/t16-/m0/s1. The molecule has 0 radical (unpaired) electrons. The molecule has 138 valence electrons. The minimum atomic E-state index is -0.650. The lowest BCUT2D eigenvalue weighted by molar-refractivity contribution is -0.123. The molecule has 0 aliphatic heterocycles. The van der Waals surface area contributed by atoms with Crippen molar-refractivity contribution in [3.05, 3.63) is 63.9 Å². The molecule has 1 aromatic heterocycles. The molecule has 2 amide bonds. The fourth-order valence-corrected chi connectivity index (χ4v) is 3.19. The first-order valence-electron chi connectivity index (χ1n) is 7.92. The summed E-state index contributed by atoms with van der Waals surface area (Å²) in [6.07, 6.45) is 5.79. The summed E-state index contributed by atoms with van der Waals surface area (Å²) in [6.45, 7) is 0.370. The third kappa shape index (κ3) is 6.20. The van der Waals surface area contributed by atoms with Crippen LogP contribution in [0.3, 0.4) is 0 Å². The summed E-state index contributed by atoms with van der Waals surface area (Å²) < 4.78 is 0. The van der Waals surface area contributed by atoms with Crippen LogP contribution in [0.1, 0.15) is 22.3 Å². The van der Waals surface area contributed by atoms with E-state index in [9.17, 15) is 9.59 Å². The topological polar surface area (TPSA) is 71.1 Å². The Hall–Kier alpha value is -1.76. The SMILES string of the molecule is CSCC[C@H](NC(=O)c1ccc(Cl)cc1Cl)C(=O)NCc1ccncc1. The second-order valence-corrected chi connectivity index (χ2v) is 7.33. The molecule has 2 rings (SSSR count). The number of hydrogen-bond donors (Lipinski definition) is 2. The van der Waals surface area contributed by atoms with Gasteiger partial charge in [-0.1, -0.05) is 23.2 Å². The molecule has 2 N–H and O–H groups in total. The minimum Gasteiger partial charge on any atom is -0.350 e. The molecule has 0 aliphatic carbocycles. The molecule has 0 unspecified atom stereocenters.